The molecule has 0 N–H and O–H groups in total. The maximum atomic E-state index is 4.53. The quantitative estimate of drug-likeness (QED) is 0.535. The van der Waals surface area contributed by atoms with Gasteiger partial charge in [0.15, 0.2) is 5.82 Å². The molecule has 110 valence electrons. The summed E-state index contributed by atoms with van der Waals surface area (Å²) in [6.45, 7) is 0.946. The molecule has 4 nitrogen and oxygen atoms in total. The van der Waals surface area contributed by atoms with Crippen molar-refractivity contribution in [3.63, 3.8) is 0 Å². The van der Waals surface area contributed by atoms with E-state index in [-0.39, 0.29) is 0 Å². The van der Waals surface area contributed by atoms with Crippen molar-refractivity contribution >= 4 is 33.3 Å². The second-order valence-corrected chi connectivity index (χ2v) is 5.80. The van der Waals surface area contributed by atoms with Gasteiger partial charge in [-0.3, -0.25) is 4.98 Å². The van der Waals surface area contributed by atoms with Crippen molar-refractivity contribution in [2.45, 2.75) is 6.42 Å². The SMILES string of the molecule is c1ccc2c(c1)CCN2c1ccc2ccc3nccc3c2nn1. The lowest BCUT2D eigenvalue weighted by Gasteiger charge is -2.16. The molecule has 0 unspecified atom stereocenters. The van der Waals surface area contributed by atoms with Gasteiger partial charge in [0.25, 0.3) is 0 Å². The number of anilines is 2. The van der Waals surface area contributed by atoms with Gasteiger partial charge in [0.2, 0.25) is 0 Å². The van der Waals surface area contributed by atoms with E-state index in [4.69, 9.17) is 0 Å². The molecular weight excluding hydrogens is 284 g/mol. The number of aromatic nitrogens is 3. The van der Waals surface area contributed by atoms with Gasteiger partial charge in [-0.25, -0.2) is 0 Å². The van der Waals surface area contributed by atoms with Gasteiger partial charge in [0, 0.05) is 29.2 Å². The minimum Gasteiger partial charge on any atom is -0.324 e. The van der Waals surface area contributed by atoms with E-state index in [0.717, 1.165) is 40.6 Å². The molecule has 0 atom stereocenters. The molecule has 0 spiro atoms. The standard InChI is InChI=1S/C19H14N4/c1-2-4-17-13(3-1)10-12-23(17)18-8-6-14-5-7-16-15(9-11-20-16)19(14)22-21-18/h1-9,11H,10,12H2. The Bertz CT molecular complexity index is 1040. The van der Waals surface area contributed by atoms with Gasteiger partial charge in [-0.05, 0) is 42.3 Å². The highest BCUT2D eigenvalue weighted by molar-refractivity contribution is 6.03. The summed E-state index contributed by atoms with van der Waals surface area (Å²) < 4.78 is 0. The molecule has 0 radical (unpaired) electrons. The fourth-order valence-electron chi connectivity index (χ4n) is 3.35. The maximum absolute atomic E-state index is 4.53. The predicted octanol–water partition coefficient (Wildman–Crippen LogP) is 3.87. The van der Waals surface area contributed by atoms with Crippen molar-refractivity contribution in [3.05, 3.63) is 66.4 Å². The number of fused-ring (bicyclic) bond motifs is 4. The molecule has 5 rings (SSSR count). The molecule has 0 saturated heterocycles. The van der Waals surface area contributed by atoms with Crippen molar-refractivity contribution in [3.8, 4) is 0 Å². The molecule has 2 aromatic carbocycles. The van der Waals surface area contributed by atoms with Crippen LogP contribution >= 0.6 is 0 Å². The van der Waals surface area contributed by atoms with E-state index in [2.05, 4.69) is 62.5 Å². The van der Waals surface area contributed by atoms with Crippen LogP contribution in [0.25, 0.3) is 21.8 Å². The van der Waals surface area contributed by atoms with Crippen molar-refractivity contribution in [2.75, 3.05) is 11.4 Å². The zero-order valence-corrected chi connectivity index (χ0v) is 12.5. The Morgan fingerprint density at radius 3 is 2.78 bits per heavy atom. The molecule has 1 aliphatic rings. The van der Waals surface area contributed by atoms with Crippen LogP contribution in [0.5, 0.6) is 0 Å². The summed E-state index contributed by atoms with van der Waals surface area (Å²) in [5.74, 6) is 0.888. The van der Waals surface area contributed by atoms with Gasteiger partial charge in [-0.15, -0.1) is 10.2 Å². The highest BCUT2D eigenvalue weighted by Gasteiger charge is 2.20. The fraction of sp³-hybridized carbons (Fsp3) is 0.105. The van der Waals surface area contributed by atoms with Crippen LogP contribution in [0.2, 0.25) is 0 Å². The highest BCUT2D eigenvalue weighted by atomic mass is 15.3. The average Bonchev–Trinajstić information content (AvgIpc) is 3.17. The zero-order chi connectivity index (χ0) is 15.2. The minimum absolute atomic E-state index is 0.888. The first kappa shape index (κ1) is 12.5. The third-order valence-electron chi connectivity index (χ3n) is 4.51. The average molecular weight is 298 g/mol. The van der Waals surface area contributed by atoms with Gasteiger partial charge in [0.05, 0.1) is 5.52 Å². The number of hydrogen-bond acceptors (Lipinski definition) is 4. The number of hydrogen-bond donors (Lipinski definition) is 0. The van der Waals surface area contributed by atoms with Crippen LogP contribution in [0.15, 0.2) is 60.8 Å². The summed E-state index contributed by atoms with van der Waals surface area (Å²) >= 11 is 0. The predicted molar refractivity (Wildman–Crippen MR) is 92.0 cm³/mol. The van der Waals surface area contributed by atoms with Crippen molar-refractivity contribution in [2.24, 2.45) is 0 Å². The van der Waals surface area contributed by atoms with Crippen LogP contribution in [-0.2, 0) is 6.42 Å². The van der Waals surface area contributed by atoms with Crippen molar-refractivity contribution < 1.29 is 0 Å². The summed E-state index contributed by atoms with van der Waals surface area (Å²) in [6.07, 6.45) is 2.86. The molecule has 1 aliphatic heterocycles. The molecule has 0 aliphatic carbocycles. The van der Waals surface area contributed by atoms with Gasteiger partial charge in [-0.1, -0.05) is 24.3 Å². The smallest absolute Gasteiger partial charge is 0.155 e. The summed E-state index contributed by atoms with van der Waals surface area (Å²) in [4.78, 5) is 6.58. The van der Waals surface area contributed by atoms with E-state index in [1.54, 1.807) is 0 Å². The van der Waals surface area contributed by atoms with Gasteiger partial charge >= 0.3 is 0 Å². The second kappa shape index (κ2) is 4.74. The van der Waals surface area contributed by atoms with E-state index in [9.17, 15) is 0 Å². The topological polar surface area (TPSA) is 41.9 Å². The molecule has 0 amide bonds. The number of para-hydroxylation sites is 1. The number of benzene rings is 2. The fourth-order valence-corrected chi connectivity index (χ4v) is 3.35. The lowest BCUT2D eigenvalue weighted by atomic mass is 10.1. The second-order valence-electron chi connectivity index (χ2n) is 5.80. The third-order valence-corrected chi connectivity index (χ3v) is 4.51. The maximum Gasteiger partial charge on any atom is 0.155 e. The van der Waals surface area contributed by atoms with Gasteiger partial charge < -0.3 is 4.90 Å². The third kappa shape index (κ3) is 1.88. The first-order valence-electron chi connectivity index (χ1n) is 7.77. The van der Waals surface area contributed by atoms with E-state index in [1.807, 2.05) is 18.3 Å². The van der Waals surface area contributed by atoms with Gasteiger partial charge in [0.1, 0.15) is 5.52 Å². The highest BCUT2D eigenvalue weighted by Crippen LogP contribution is 2.33. The Morgan fingerprint density at radius 1 is 0.870 bits per heavy atom. The molecule has 2 aromatic heterocycles. The van der Waals surface area contributed by atoms with E-state index >= 15 is 0 Å². The molecule has 3 heterocycles. The van der Waals surface area contributed by atoms with E-state index in [0.29, 0.717) is 0 Å². The Hall–Kier alpha value is -3.01. The summed E-state index contributed by atoms with van der Waals surface area (Å²) in [5, 5.41) is 11.2. The monoisotopic (exact) mass is 298 g/mol. The Kier molecular flexibility index (Phi) is 2.58. The van der Waals surface area contributed by atoms with Crippen molar-refractivity contribution in [1.82, 2.24) is 15.2 Å². The largest absolute Gasteiger partial charge is 0.324 e. The van der Waals surface area contributed by atoms with Crippen LogP contribution < -0.4 is 4.90 Å². The van der Waals surface area contributed by atoms with Crippen molar-refractivity contribution in [1.29, 1.82) is 0 Å². The molecule has 4 aromatic rings. The van der Waals surface area contributed by atoms with E-state index in [1.165, 1.54) is 11.3 Å². The van der Waals surface area contributed by atoms with Crippen LogP contribution in [0, 0.1) is 0 Å². The Balaban J connectivity index is 1.70. The molecular formula is C19H14N4. The minimum atomic E-state index is 0.888. The lowest BCUT2D eigenvalue weighted by Crippen LogP contribution is -2.14. The Morgan fingerprint density at radius 2 is 1.78 bits per heavy atom. The summed E-state index contributed by atoms with van der Waals surface area (Å²) in [6, 6.07) is 18.7. The first-order chi connectivity index (χ1) is 11.4. The molecule has 23 heavy (non-hydrogen) atoms. The van der Waals surface area contributed by atoms with Crippen LogP contribution in [0.3, 0.4) is 0 Å². The van der Waals surface area contributed by atoms with Crippen LogP contribution in [0.1, 0.15) is 5.56 Å². The Labute approximate surface area is 133 Å². The zero-order valence-electron chi connectivity index (χ0n) is 12.5. The van der Waals surface area contributed by atoms with Gasteiger partial charge in [-0.2, -0.15) is 0 Å². The molecule has 4 heteroatoms. The molecule has 0 saturated carbocycles. The lowest BCUT2D eigenvalue weighted by molar-refractivity contribution is 0.948. The summed E-state index contributed by atoms with van der Waals surface area (Å²) in [7, 11) is 0. The molecule has 0 fully saturated rings. The number of nitrogens with zero attached hydrogens (tertiary/aromatic N) is 4. The first-order valence-corrected chi connectivity index (χ1v) is 7.77. The number of rotatable bonds is 1. The van der Waals surface area contributed by atoms with Crippen LogP contribution in [0.4, 0.5) is 11.5 Å². The summed E-state index contributed by atoms with van der Waals surface area (Å²) in [5.41, 5.74) is 4.47. The van der Waals surface area contributed by atoms with Crippen LogP contribution in [-0.4, -0.2) is 21.7 Å². The normalized spacial score (nSPS) is 13.7. The molecule has 0 bridgehead atoms. The van der Waals surface area contributed by atoms with E-state index < -0.39 is 0 Å².